The van der Waals surface area contributed by atoms with Gasteiger partial charge in [-0.15, -0.1) is 11.8 Å². The molecule has 2 aliphatic rings. The largest absolute Gasteiger partial charge is 0.480 e. The predicted molar refractivity (Wildman–Crippen MR) is 74.7 cm³/mol. The molecule has 0 spiro atoms. The maximum absolute atomic E-state index is 12.5. The molecule has 1 aliphatic carbocycles. The summed E-state index contributed by atoms with van der Waals surface area (Å²) in [5, 5.41) is 9.30. The minimum atomic E-state index is -0.916. The van der Waals surface area contributed by atoms with Crippen molar-refractivity contribution in [2.45, 2.75) is 50.6 Å². The number of aliphatic carboxylic acids is 1. The summed E-state index contributed by atoms with van der Waals surface area (Å²) in [6.07, 6.45) is 3.00. The Morgan fingerprint density at radius 2 is 2.11 bits per heavy atom. The molecule has 1 amide bonds. The number of thioether (sulfide) groups is 1. The fraction of sp³-hybridized carbons (Fsp3) is 0.846. The summed E-state index contributed by atoms with van der Waals surface area (Å²) in [6.45, 7) is 3.93. The number of carbonyl (C=O) groups is 2. The van der Waals surface area contributed by atoms with Crippen LogP contribution in [0.3, 0.4) is 0 Å². The van der Waals surface area contributed by atoms with Gasteiger partial charge in [0, 0.05) is 5.75 Å². The molecule has 0 aromatic rings. The molecule has 2 fully saturated rings. The van der Waals surface area contributed by atoms with E-state index in [1.165, 1.54) is 0 Å². The smallest absolute Gasteiger partial charge is 0.327 e. The molecule has 0 radical (unpaired) electrons. The summed E-state index contributed by atoms with van der Waals surface area (Å²) < 4.78 is 0. The van der Waals surface area contributed by atoms with E-state index in [2.05, 4.69) is 0 Å². The Labute approximate surface area is 117 Å². The number of rotatable bonds is 5. The van der Waals surface area contributed by atoms with Crippen molar-refractivity contribution in [3.8, 4) is 0 Å². The van der Waals surface area contributed by atoms with Gasteiger partial charge in [0.25, 0.3) is 0 Å². The number of carboxylic acid groups (broad SMARTS) is 1. The Hall–Kier alpha value is -0.750. The first-order chi connectivity index (χ1) is 8.97. The number of nitrogens with zero attached hydrogens (tertiary/aromatic N) is 1. The van der Waals surface area contributed by atoms with Crippen LogP contribution in [0.4, 0.5) is 0 Å². The lowest BCUT2D eigenvalue weighted by atomic mass is 9.98. The van der Waals surface area contributed by atoms with E-state index in [1.807, 2.05) is 13.8 Å². The van der Waals surface area contributed by atoms with Crippen molar-refractivity contribution in [1.29, 1.82) is 0 Å². The van der Waals surface area contributed by atoms with Crippen molar-refractivity contribution in [3.63, 3.8) is 0 Å². The van der Waals surface area contributed by atoms with Crippen molar-refractivity contribution in [1.82, 2.24) is 4.90 Å². The molecule has 0 bridgehead atoms. The Morgan fingerprint density at radius 1 is 1.47 bits per heavy atom. The highest BCUT2D eigenvalue weighted by Gasteiger charge is 2.49. The number of amides is 1. The molecule has 0 aromatic carbocycles. The van der Waals surface area contributed by atoms with E-state index in [0.717, 1.165) is 19.3 Å². The monoisotopic (exact) mass is 286 g/mol. The highest BCUT2D eigenvalue weighted by atomic mass is 32.2. The topological polar surface area (TPSA) is 83.6 Å². The first-order valence-electron chi connectivity index (χ1n) is 6.89. The highest BCUT2D eigenvalue weighted by Crippen LogP contribution is 2.45. The lowest BCUT2D eigenvalue weighted by molar-refractivity contribution is -0.150. The average molecular weight is 286 g/mol. The first-order valence-corrected chi connectivity index (χ1v) is 7.94. The molecule has 0 aromatic heterocycles. The Bertz CT molecular complexity index is 373. The molecule has 1 saturated heterocycles. The first kappa shape index (κ1) is 14.7. The summed E-state index contributed by atoms with van der Waals surface area (Å²) >= 11 is 1.59. The fourth-order valence-electron chi connectivity index (χ4n) is 2.41. The van der Waals surface area contributed by atoms with Gasteiger partial charge in [-0.2, -0.15) is 0 Å². The molecule has 6 heteroatoms. The average Bonchev–Trinajstić information content (AvgIpc) is 3.14. The minimum Gasteiger partial charge on any atom is -0.480 e. The quantitative estimate of drug-likeness (QED) is 0.791. The predicted octanol–water partition coefficient (Wildman–Crippen LogP) is 1.12. The Morgan fingerprint density at radius 3 is 2.58 bits per heavy atom. The van der Waals surface area contributed by atoms with Crippen LogP contribution < -0.4 is 5.73 Å². The Balaban J connectivity index is 2.15. The molecular weight excluding hydrogens is 264 g/mol. The fourth-order valence-corrected chi connectivity index (χ4v) is 4.05. The number of carboxylic acids is 1. The van der Waals surface area contributed by atoms with E-state index in [0.29, 0.717) is 11.7 Å². The molecule has 1 saturated carbocycles. The molecule has 3 N–H and O–H groups in total. The molecule has 1 aliphatic heterocycles. The van der Waals surface area contributed by atoms with E-state index < -0.39 is 18.1 Å². The van der Waals surface area contributed by atoms with Gasteiger partial charge in [0.05, 0.1) is 11.4 Å². The molecule has 2 unspecified atom stereocenters. The summed E-state index contributed by atoms with van der Waals surface area (Å²) in [5.41, 5.74) is 6.00. The van der Waals surface area contributed by atoms with Gasteiger partial charge in [-0.3, -0.25) is 4.79 Å². The second-order valence-corrected chi connectivity index (χ2v) is 6.72. The third-order valence-electron chi connectivity index (χ3n) is 4.14. The normalized spacial score (nSPS) is 30.2. The summed E-state index contributed by atoms with van der Waals surface area (Å²) in [5.74, 6) is -0.0889. The second-order valence-electron chi connectivity index (χ2n) is 5.57. The van der Waals surface area contributed by atoms with Crippen molar-refractivity contribution >= 4 is 23.6 Å². The number of hydrogen-bond acceptors (Lipinski definition) is 4. The van der Waals surface area contributed by atoms with E-state index in [9.17, 15) is 14.7 Å². The second kappa shape index (κ2) is 5.71. The maximum atomic E-state index is 12.5. The van der Waals surface area contributed by atoms with Crippen LogP contribution >= 0.6 is 11.8 Å². The zero-order valence-electron chi connectivity index (χ0n) is 11.4. The molecule has 1 heterocycles. The third kappa shape index (κ3) is 2.89. The van der Waals surface area contributed by atoms with Gasteiger partial charge in [0.2, 0.25) is 5.91 Å². The standard InChI is InChI=1S/C13H22N2O3S/c1-3-7(2)10(14)11(16)15-9(13(17)18)6-19-12(15)8-4-5-8/h7-10,12H,3-6,14H2,1-2H3,(H,17,18)/t7-,9?,10-,12?/m0/s1. The van der Waals surface area contributed by atoms with Crippen molar-refractivity contribution in [3.05, 3.63) is 0 Å². The molecule has 19 heavy (non-hydrogen) atoms. The van der Waals surface area contributed by atoms with Crippen LogP contribution in [0.2, 0.25) is 0 Å². The molecule has 2 rings (SSSR count). The number of nitrogens with two attached hydrogens (primary N) is 1. The third-order valence-corrected chi connectivity index (χ3v) is 5.60. The maximum Gasteiger partial charge on any atom is 0.327 e. The number of hydrogen-bond donors (Lipinski definition) is 2. The molecule has 4 atom stereocenters. The van der Waals surface area contributed by atoms with Gasteiger partial charge in [-0.1, -0.05) is 20.3 Å². The molecule has 5 nitrogen and oxygen atoms in total. The molecule has 108 valence electrons. The van der Waals surface area contributed by atoms with E-state index in [4.69, 9.17) is 5.73 Å². The lowest BCUT2D eigenvalue weighted by Gasteiger charge is -2.31. The number of carbonyl (C=O) groups excluding carboxylic acids is 1. The summed E-state index contributed by atoms with van der Waals surface area (Å²) in [4.78, 5) is 25.4. The zero-order valence-corrected chi connectivity index (χ0v) is 12.2. The SMILES string of the molecule is CC[C@H](C)[C@H](N)C(=O)N1C(C(=O)O)CSC1C1CC1. The van der Waals surface area contributed by atoms with Gasteiger partial charge >= 0.3 is 5.97 Å². The van der Waals surface area contributed by atoms with Crippen LogP contribution in [0, 0.1) is 11.8 Å². The van der Waals surface area contributed by atoms with Gasteiger partial charge in [-0.05, 0) is 24.7 Å². The van der Waals surface area contributed by atoms with Gasteiger partial charge in [0.15, 0.2) is 0 Å². The van der Waals surface area contributed by atoms with Crippen LogP contribution in [0.1, 0.15) is 33.1 Å². The highest BCUT2D eigenvalue weighted by molar-refractivity contribution is 8.00. The van der Waals surface area contributed by atoms with Crippen LogP contribution in [-0.2, 0) is 9.59 Å². The van der Waals surface area contributed by atoms with Crippen LogP contribution in [0.15, 0.2) is 0 Å². The minimum absolute atomic E-state index is 0.0173. The van der Waals surface area contributed by atoms with Gasteiger partial charge in [0.1, 0.15) is 6.04 Å². The van der Waals surface area contributed by atoms with E-state index in [1.54, 1.807) is 16.7 Å². The van der Waals surface area contributed by atoms with Gasteiger partial charge < -0.3 is 15.7 Å². The van der Waals surface area contributed by atoms with Crippen LogP contribution in [-0.4, -0.2) is 45.1 Å². The van der Waals surface area contributed by atoms with Crippen molar-refractivity contribution in [2.75, 3.05) is 5.75 Å². The van der Waals surface area contributed by atoms with Crippen LogP contribution in [0.5, 0.6) is 0 Å². The lowest BCUT2D eigenvalue weighted by Crippen LogP contribution is -2.54. The van der Waals surface area contributed by atoms with Crippen molar-refractivity contribution < 1.29 is 14.7 Å². The van der Waals surface area contributed by atoms with Crippen LogP contribution in [0.25, 0.3) is 0 Å². The summed E-state index contributed by atoms with van der Waals surface area (Å²) in [7, 11) is 0. The summed E-state index contributed by atoms with van der Waals surface area (Å²) in [6, 6.07) is -1.30. The van der Waals surface area contributed by atoms with Gasteiger partial charge in [-0.25, -0.2) is 4.79 Å². The van der Waals surface area contributed by atoms with E-state index >= 15 is 0 Å². The van der Waals surface area contributed by atoms with Crippen molar-refractivity contribution in [2.24, 2.45) is 17.6 Å². The van der Waals surface area contributed by atoms with E-state index in [-0.39, 0.29) is 17.2 Å². The zero-order chi connectivity index (χ0) is 14.2. The Kier molecular flexibility index (Phi) is 4.40. The molecular formula is C13H22N2O3S.